The third-order valence-corrected chi connectivity index (χ3v) is 5.99. The van der Waals surface area contributed by atoms with E-state index < -0.39 is 22.8 Å². The van der Waals surface area contributed by atoms with Gasteiger partial charge in [-0.25, -0.2) is 0 Å². The third kappa shape index (κ3) is 3.42. The van der Waals surface area contributed by atoms with E-state index in [0.29, 0.717) is 13.0 Å². The Kier molecular flexibility index (Phi) is 5.23. The van der Waals surface area contributed by atoms with Crippen LogP contribution in [0.1, 0.15) is 52.8 Å². The second kappa shape index (κ2) is 7.85. The maximum absolute atomic E-state index is 12.8. The lowest BCUT2D eigenvalue weighted by Gasteiger charge is -2.28. The fourth-order valence-corrected chi connectivity index (χ4v) is 4.42. The number of carbonyl (C=O) groups is 4. The van der Waals surface area contributed by atoms with Gasteiger partial charge in [-0.2, -0.15) is 0 Å². The van der Waals surface area contributed by atoms with Crippen LogP contribution < -0.4 is 0 Å². The first-order valence-corrected chi connectivity index (χ1v) is 10.1. The number of nitrogens with zero attached hydrogens (tertiary/aromatic N) is 4. The number of fused-ring (bicyclic) bond motifs is 1. The highest BCUT2D eigenvalue weighted by atomic mass is 16.6. The van der Waals surface area contributed by atoms with Crippen LogP contribution in [-0.4, -0.2) is 75.5 Å². The average Bonchev–Trinajstić information content (AvgIpc) is 3.47. The molecular weight excluding hydrogens is 392 g/mol. The zero-order valence-electron chi connectivity index (χ0n) is 16.4. The fraction of sp³-hybridized carbons (Fsp3) is 0.500. The Morgan fingerprint density at radius 1 is 1.03 bits per heavy atom. The largest absolute Gasteiger partial charge is 0.341 e. The van der Waals surface area contributed by atoms with Crippen molar-refractivity contribution in [2.45, 2.75) is 38.1 Å². The lowest BCUT2D eigenvalue weighted by Crippen LogP contribution is -2.47. The molecule has 1 unspecified atom stereocenters. The van der Waals surface area contributed by atoms with Crippen molar-refractivity contribution >= 4 is 29.3 Å². The number of amides is 4. The number of imide groups is 1. The minimum absolute atomic E-state index is 0.0219. The van der Waals surface area contributed by atoms with Crippen LogP contribution in [0.15, 0.2) is 18.2 Å². The Morgan fingerprint density at radius 3 is 2.43 bits per heavy atom. The van der Waals surface area contributed by atoms with Crippen molar-refractivity contribution in [1.29, 1.82) is 0 Å². The first-order valence-electron chi connectivity index (χ1n) is 10.1. The summed E-state index contributed by atoms with van der Waals surface area (Å²) in [6.07, 6.45) is 3.23. The molecule has 2 fully saturated rings. The molecule has 158 valence electrons. The van der Waals surface area contributed by atoms with Crippen molar-refractivity contribution < 1.29 is 24.1 Å². The Hall–Kier alpha value is -3.30. The van der Waals surface area contributed by atoms with Gasteiger partial charge in [0, 0.05) is 44.7 Å². The Labute approximate surface area is 172 Å². The van der Waals surface area contributed by atoms with Crippen molar-refractivity contribution in [2.75, 3.05) is 26.2 Å². The summed E-state index contributed by atoms with van der Waals surface area (Å²) >= 11 is 0. The van der Waals surface area contributed by atoms with E-state index in [1.807, 2.05) is 0 Å². The molecule has 2 saturated heterocycles. The third-order valence-electron chi connectivity index (χ3n) is 5.99. The van der Waals surface area contributed by atoms with Gasteiger partial charge >= 0.3 is 0 Å². The van der Waals surface area contributed by atoms with Gasteiger partial charge in [-0.05, 0) is 31.7 Å². The maximum atomic E-state index is 12.8. The molecule has 10 heteroatoms. The van der Waals surface area contributed by atoms with E-state index in [0.717, 1.165) is 43.3 Å². The summed E-state index contributed by atoms with van der Waals surface area (Å²) in [5.74, 6) is -1.50. The Balaban J connectivity index is 1.41. The summed E-state index contributed by atoms with van der Waals surface area (Å²) in [5, 5.41) is 10.9. The predicted octanol–water partition coefficient (Wildman–Crippen LogP) is 1.19. The molecule has 3 heterocycles. The highest BCUT2D eigenvalue weighted by Crippen LogP contribution is 2.27. The lowest BCUT2D eigenvalue weighted by atomic mass is 10.1. The first-order chi connectivity index (χ1) is 14.4. The van der Waals surface area contributed by atoms with Gasteiger partial charge in [0.25, 0.3) is 17.5 Å². The van der Waals surface area contributed by atoms with E-state index in [1.54, 1.807) is 9.80 Å². The van der Waals surface area contributed by atoms with Crippen LogP contribution in [0.5, 0.6) is 0 Å². The molecule has 1 atom stereocenters. The standard InChI is InChI=1S/C20H22N4O6/c25-17(22-10-3-4-16(22)20(28)21-8-1-2-9-21)7-11-23-18(26)14-6-5-13(24(29)30)12-15(14)19(23)27/h5-6,12,16H,1-4,7-11H2. The van der Waals surface area contributed by atoms with Gasteiger partial charge in [-0.3, -0.25) is 34.2 Å². The number of nitro benzene ring substituents is 1. The van der Waals surface area contributed by atoms with Crippen LogP contribution in [0.2, 0.25) is 0 Å². The molecule has 0 spiro atoms. The molecule has 0 saturated carbocycles. The highest BCUT2D eigenvalue weighted by Gasteiger charge is 2.39. The van der Waals surface area contributed by atoms with Crippen molar-refractivity contribution in [3.05, 3.63) is 39.4 Å². The first kappa shape index (κ1) is 20.0. The van der Waals surface area contributed by atoms with Crippen molar-refractivity contribution in [3.8, 4) is 0 Å². The summed E-state index contributed by atoms with van der Waals surface area (Å²) in [4.78, 5) is 65.2. The molecule has 0 aromatic heterocycles. The zero-order chi connectivity index (χ0) is 21.4. The summed E-state index contributed by atoms with van der Waals surface area (Å²) in [6.45, 7) is 1.80. The second-order valence-corrected chi connectivity index (χ2v) is 7.78. The van der Waals surface area contributed by atoms with Gasteiger partial charge in [0.15, 0.2) is 0 Å². The van der Waals surface area contributed by atoms with Crippen LogP contribution in [0.3, 0.4) is 0 Å². The Bertz CT molecular complexity index is 939. The van der Waals surface area contributed by atoms with Gasteiger partial charge in [-0.1, -0.05) is 0 Å². The van der Waals surface area contributed by atoms with E-state index in [4.69, 9.17) is 0 Å². The molecule has 10 nitrogen and oxygen atoms in total. The second-order valence-electron chi connectivity index (χ2n) is 7.78. The lowest BCUT2D eigenvalue weighted by molar-refractivity contribution is -0.384. The minimum atomic E-state index is -0.641. The van der Waals surface area contributed by atoms with E-state index >= 15 is 0 Å². The molecular formula is C20H22N4O6. The molecule has 0 N–H and O–H groups in total. The summed E-state index contributed by atoms with van der Waals surface area (Å²) in [5.41, 5.74) is -0.195. The SMILES string of the molecule is O=C(C1CCCN1C(=O)CCN1C(=O)c2ccc([N+](=O)[O-])cc2C1=O)N1CCCC1. The number of likely N-dealkylation sites (tertiary alicyclic amines) is 2. The van der Waals surface area contributed by atoms with Gasteiger partial charge in [0.2, 0.25) is 11.8 Å². The molecule has 1 aromatic carbocycles. The van der Waals surface area contributed by atoms with Crippen LogP contribution in [-0.2, 0) is 9.59 Å². The molecule has 1 aromatic rings. The quantitative estimate of drug-likeness (QED) is 0.405. The molecule has 0 aliphatic carbocycles. The summed E-state index contributed by atoms with van der Waals surface area (Å²) in [7, 11) is 0. The number of carbonyl (C=O) groups excluding carboxylic acids is 4. The molecule has 0 bridgehead atoms. The van der Waals surface area contributed by atoms with E-state index in [1.165, 1.54) is 12.1 Å². The van der Waals surface area contributed by atoms with Crippen molar-refractivity contribution in [3.63, 3.8) is 0 Å². The average molecular weight is 414 g/mol. The summed E-state index contributed by atoms with van der Waals surface area (Å²) < 4.78 is 0. The van der Waals surface area contributed by atoms with Crippen molar-refractivity contribution in [1.82, 2.24) is 14.7 Å². The number of hydrogen-bond donors (Lipinski definition) is 0. The number of benzene rings is 1. The van der Waals surface area contributed by atoms with Gasteiger partial charge in [-0.15, -0.1) is 0 Å². The number of hydrogen-bond acceptors (Lipinski definition) is 6. The summed E-state index contributed by atoms with van der Waals surface area (Å²) in [6, 6.07) is 3.06. The highest BCUT2D eigenvalue weighted by molar-refractivity contribution is 6.21. The van der Waals surface area contributed by atoms with Crippen LogP contribution in [0, 0.1) is 10.1 Å². The molecule has 30 heavy (non-hydrogen) atoms. The molecule has 4 rings (SSSR count). The van der Waals surface area contributed by atoms with Crippen LogP contribution in [0.25, 0.3) is 0 Å². The fourth-order valence-electron chi connectivity index (χ4n) is 4.42. The normalized spacial score (nSPS) is 20.8. The minimum Gasteiger partial charge on any atom is -0.341 e. The van der Waals surface area contributed by atoms with E-state index in [2.05, 4.69) is 0 Å². The molecule has 0 radical (unpaired) electrons. The number of nitro groups is 1. The van der Waals surface area contributed by atoms with Gasteiger partial charge < -0.3 is 9.80 Å². The maximum Gasteiger partial charge on any atom is 0.270 e. The van der Waals surface area contributed by atoms with E-state index in [-0.39, 0.29) is 41.6 Å². The number of rotatable bonds is 5. The molecule has 4 amide bonds. The van der Waals surface area contributed by atoms with Gasteiger partial charge in [0.1, 0.15) is 6.04 Å². The van der Waals surface area contributed by atoms with Gasteiger partial charge in [0.05, 0.1) is 16.1 Å². The number of non-ortho nitro benzene ring substituents is 1. The predicted molar refractivity (Wildman–Crippen MR) is 104 cm³/mol. The van der Waals surface area contributed by atoms with Crippen molar-refractivity contribution in [2.24, 2.45) is 0 Å². The smallest absolute Gasteiger partial charge is 0.270 e. The van der Waals surface area contributed by atoms with Crippen LogP contribution >= 0.6 is 0 Å². The Morgan fingerprint density at radius 2 is 1.73 bits per heavy atom. The topological polar surface area (TPSA) is 121 Å². The molecule has 3 aliphatic rings. The van der Waals surface area contributed by atoms with E-state index in [9.17, 15) is 29.3 Å². The zero-order valence-corrected chi connectivity index (χ0v) is 16.4. The molecule has 3 aliphatic heterocycles. The monoisotopic (exact) mass is 414 g/mol. The van der Waals surface area contributed by atoms with Crippen LogP contribution in [0.4, 0.5) is 5.69 Å².